The van der Waals surface area contributed by atoms with Crippen LogP contribution in [-0.2, 0) is 22.7 Å². The number of hydrogen-bond donors (Lipinski definition) is 0. The number of carbonyl (C=O) groups excluding carboxylic acids is 1. The molecule has 0 N–H and O–H groups in total. The maximum absolute atomic E-state index is 12.5. The fraction of sp³-hybridized carbons (Fsp3) is 0.0968. The standard InChI is InChI=1S/C31H25NO4/c1-22-12-15-26(16-13-22)30-32-27(31(33)36-30)18-25-14-17-28(34-20-23-8-4-2-5-9-23)29(19-25)35-21-24-10-6-3-7-11-24/h2-19H,20-21H2,1H3/b27-18-. The van der Waals surface area contributed by atoms with Gasteiger partial charge in [-0.1, -0.05) is 84.4 Å². The maximum atomic E-state index is 12.5. The minimum Gasteiger partial charge on any atom is -0.485 e. The van der Waals surface area contributed by atoms with Gasteiger partial charge < -0.3 is 14.2 Å². The molecule has 5 rings (SSSR count). The lowest BCUT2D eigenvalue weighted by atomic mass is 10.1. The third-order valence-corrected chi connectivity index (χ3v) is 5.66. The molecule has 1 heterocycles. The molecular weight excluding hydrogens is 450 g/mol. The summed E-state index contributed by atoms with van der Waals surface area (Å²) in [6.45, 7) is 2.81. The highest BCUT2D eigenvalue weighted by Gasteiger charge is 2.24. The van der Waals surface area contributed by atoms with Crippen molar-refractivity contribution in [2.75, 3.05) is 0 Å². The number of ether oxygens (including phenoxy) is 3. The molecule has 0 spiro atoms. The number of nitrogens with zero attached hydrogens (tertiary/aromatic N) is 1. The van der Waals surface area contributed by atoms with Crippen LogP contribution in [0.5, 0.6) is 11.5 Å². The molecule has 0 amide bonds. The highest BCUT2D eigenvalue weighted by molar-refractivity contribution is 6.12. The first-order chi connectivity index (χ1) is 17.6. The van der Waals surface area contributed by atoms with Gasteiger partial charge in [-0.05, 0) is 54.0 Å². The summed E-state index contributed by atoms with van der Waals surface area (Å²) in [4.78, 5) is 16.9. The number of benzene rings is 4. The molecule has 4 aromatic carbocycles. The van der Waals surface area contributed by atoms with Gasteiger partial charge in [-0.15, -0.1) is 0 Å². The van der Waals surface area contributed by atoms with Gasteiger partial charge in [-0.2, -0.15) is 0 Å². The minimum atomic E-state index is -0.485. The Bertz CT molecular complexity index is 1410. The highest BCUT2D eigenvalue weighted by Crippen LogP contribution is 2.31. The summed E-state index contributed by atoms with van der Waals surface area (Å²) in [5.74, 6) is 1.02. The molecule has 0 saturated carbocycles. The minimum absolute atomic E-state index is 0.234. The number of hydrogen-bond acceptors (Lipinski definition) is 5. The van der Waals surface area contributed by atoms with E-state index in [1.54, 1.807) is 6.08 Å². The molecule has 0 aliphatic carbocycles. The monoisotopic (exact) mass is 475 g/mol. The fourth-order valence-corrected chi connectivity index (χ4v) is 3.70. The lowest BCUT2D eigenvalue weighted by Gasteiger charge is -2.14. The molecular formula is C31H25NO4. The van der Waals surface area contributed by atoms with Crippen molar-refractivity contribution >= 4 is 17.9 Å². The molecule has 0 aromatic heterocycles. The summed E-state index contributed by atoms with van der Waals surface area (Å²) in [7, 11) is 0. The van der Waals surface area contributed by atoms with Crippen molar-refractivity contribution in [3.05, 3.63) is 137 Å². The van der Waals surface area contributed by atoms with Crippen LogP contribution < -0.4 is 9.47 Å². The van der Waals surface area contributed by atoms with Gasteiger partial charge in [0.2, 0.25) is 5.90 Å². The van der Waals surface area contributed by atoms with Gasteiger partial charge >= 0.3 is 5.97 Å². The van der Waals surface area contributed by atoms with Gasteiger partial charge in [0, 0.05) is 5.56 Å². The van der Waals surface area contributed by atoms with Crippen LogP contribution in [0.2, 0.25) is 0 Å². The Hall–Kier alpha value is -4.64. The number of aliphatic imine (C=N–C) groups is 1. The van der Waals surface area contributed by atoms with E-state index < -0.39 is 5.97 Å². The molecule has 0 radical (unpaired) electrons. The van der Waals surface area contributed by atoms with E-state index in [1.807, 2.05) is 110 Å². The summed E-state index contributed by atoms with van der Waals surface area (Å²) in [5, 5.41) is 0. The van der Waals surface area contributed by atoms with E-state index in [1.165, 1.54) is 0 Å². The van der Waals surface area contributed by atoms with Gasteiger partial charge in [0.15, 0.2) is 17.2 Å². The topological polar surface area (TPSA) is 57.1 Å². The van der Waals surface area contributed by atoms with E-state index in [4.69, 9.17) is 14.2 Å². The zero-order valence-electron chi connectivity index (χ0n) is 19.9. The molecule has 4 aromatic rings. The zero-order valence-corrected chi connectivity index (χ0v) is 19.9. The normalized spacial score (nSPS) is 13.9. The van der Waals surface area contributed by atoms with Gasteiger partial charge in [0.25, 0.3) is 0 Å². The van der Waals surface area contributed by atoms with Crippen molar-refractivity contribution in [1.29, 1.82) is 0 Å². The Labute approximate surface area is 210 Å². The average Bonchev–Trinajstić information content (AvgIpc) is 3.28. The third kappa shape index (κ3) is 5.70. The first kappa shape index (κ1) is 23.1. The Balaban J connectivity index is 1.40. The van der Waals surface area contributed by atoms with Crippen LogP contribution in [0.1, 0.15) is 27.8 Å². The van der Waals surface area contributed by atoms with Gasteiger partial charge in [0.1, 0.15) is 13.2 Å². The Morgan fingerprint density at radius 1 is 0.750 bits per heavy atom. The van der Waals surface area contributed by atoms with Crippen LogP contribution >= 0.6 is 0 Å². The zero-order chi connectivity index (χ0) is 24.7. The number of esters is 1. The van der Waals surface area contributed by atoms with Gasteiger partial charge in [0.05, 0.1) is 0 Å². The molecule has 0 unspecified atom stereocenters. The average molecular weight is 476 g/mol. The Kier molecular flexibility index (Phi) is 6.90. The van der Waals surface area contributed by atoms with E-state index in [-0.39, 0.29) is 5.70 Å². The second kappa shape index (κ2) is 10.7. The molecule has 0 saturated heterocycles. The molecule has 0 atom stereocenters. The quantitative estimate of drug-likeness (QED) is 0.216. The first-order valence-corrected chi connectivity index (χ1v) is 11.7. The molecule has 0 fully saturated rings. The number of rotatable bonds is 8. The summed E-state index contributed by atoms with van der Waals surface area (Å²) in [5.41, 5.74) is 4.97. The largest absolute Gasteiger partial charge is 0.485 e. The molecule has 178 valence electrons. The summed E-state index contributed by atoms with van der Waals surface area (Å²) in [6, 6.07) is 33.1. The maximum Gasteiger partial charge on any atom is 0.363 e. The SMILES string of the molecule is Cc1ccc(C2=N/C(=C\c3ccc(OCc4ccccc4)c(OCc4ccccc4)c3)C(=O)O2)cc1. The molecule has 1 aliphatic rings. The van der Waals surface area contributed by atoms with Crippen molar-refractivity contribution in [1.82, 2.24) is 0 Å². The van der Waals surface area contributed by atoms with Crippen LogP contribution in [0, 0.1) is 6.92 Å². The predicted octanol–water partition coefficient (Wildman–Crippen LogP) is 6.50. The molecule has 5 nitrogen and oxygen atoms in total. The fourth-order valence-electron chi connectivity index (χ4n) is 3.70. The van der Waals surface area contributed by atoms with E-state index in [9.17, 15) is 4.79 Å². The van der Waals surface area contributed by atoms with E-state index in [0.717, 1.165) is 27.8 Å². The third-order valence-electron chi connectivity index (χ3n) is 5.66. The van der Waals surface area contributed by atoms with E-state index in [0.29, 0.717) is 30.6 Å². The van der Waals surface area contributed by atoms with E-state index in [2.05, 4.69) is 4.99 Å². The second-order valence-corrected chi connectivity index (χ2v) is 8.46. The van der Waals surface area contributed by atoms with Crippen LogP contribution in [0.15, 0.2) is 114 Å². The first-order valence-electron chi connectivity index (χ1n) is 11.7. The predicted molar refractivity (Wildman–Crippen MR) is 140 cm³/mol. The summed E-state index contributed by atoms with van der Waals surface area (Å²) >= 11 is 0. The van der Waals surface area contributed by atoms with E-state index >= 15 is 0 Å². The van der Waals surface area contributed by atoms with Crippen molar-refractivity contribution in [2.24, 2.45) is 4.99 Å². The van der Waals surface area contributed by atoms with Crippen molar-refractivity contribution in [3.63, 3.8) is 0 Å². The molecule has 36 heavy (non-hydrogen) atoms. The van der Waals surface area contributed by atoms with Crippen LogP contribution in [0.25, 0.3) is 6.08 Å². The molecule has 0 bridgehead atoms. The Morgan fingerprint density at radius 2 is 1.36 bits per heavy atom. The van der Waals surface area contributed by atoms with Crippen molar-refractivity contribution in [3.8, 4) is 11.5 Å². The summed E-state index contributed by atoms with van der Waals surface area (Å²) in [6.07, 6.45) is 1.69. The second-order valence-electron chi connectivity index (χ2n) is 8.46. The number of cyclic esters (lactones) is 1. The molecule has 1 aliphatic heterocycles. The van der Waals surface area contributed by atoms with Gasteiger partial charge in [-0.3, -0.25) is 0 Å². The van der Waals surface area contributed by atoms with Gasteiger partial charge in [-0.25, -0.2) is 9.79 Å². The highest BCUT2D eigenvalue weighted by atomic mass is 16.6. The number of carbonyl (C=O) groups is 1. The van der Waals surface area contributed by atoms with Crippen LogP contribution in [0.4, 0.5) is 0 Å². The van der Waals surface area contributed by atoms with Crippen LogP contribution in [-0.4, -0.2) is 11.9 Å². The lowest BCUT2D eigenvalue weighted by molar-refractivity contribution is -0.129. The lowest BCUT2D eigenvalue weighted by Crippen LogP contribution is -2.05. The van der Waals surface area contributed by atoms with Crippen molar-refractivity contribution in [2.45, 2.75) is 20.1 Å². The Morgan fingerprint density at radius 3 is 2.00 bits per heavy atom. The van der Waals surface area contributed by atoms with Crippen LogP contribution in [0.3, 0.4) is 0 Å². The number of aryl methyl sites for hydroxylation is 1. The van der Waals surface area contributed by atoms with Crippen molar-refractivity contribution < 1.29 is 19.0 Å². The molecule has 5 heteroatoms. The summed E-state index contributed by atoms with van der Waals surface area (Å²) < 4.78 is 17.6. The smallest absolute Gasteiger partial charge is 0.363 e.